The van der Waals surface area contributed by atoms with E-state index in [4.69, 9.17) is 21.4 Å². The molecule has 6 nitrogen and oxygen atoms in total. The summed E-state index contributed by atoms with van der Waals surface area (Å²) in [7, 11) is 0. The van der Waals surface area contributed by atoms with E-state index in [1.165, 1.54) is 0 Å². The fraction of sp³-hybridized carbons (Fsp3) is 0.429. The Balaban J connectivity index is 0.000000322. The number of carboxylic acid groups (broad SMARTS) is 1. The molecule has 0 saturated carbocycles. The number of nitrogens with two attached hydrogens (primary N) is 2. The maximum atomic E-state index is 11.6. The molecule has 1 aromatic rings. The summed E-state index contributed by atoms with van der Waals surface area (Å²) in [5, 5.41) is 7.12. The predicted molar refractivity (Wildman–Crippen MR) is 76.0 cm³/mol. The van der Waals surface area contributed by atoms with Gasteiger partial charge in [0.2, 0.25) is 5.91 Å². The zero-order valence-corrected chi connectivity index (χ0v) is 12.2. The summed E-state index contributed by atoms with van der Waals surface area (Å²) >= 11 is 0. The first kappa shape index (κ1) is 18.9. The first-order valence-corrected chi connectivity index (χ1v) is 6.77. The summed E-state index contributed by atoms with van der Waals surface area (Å²) in [6, 6.07) is 7.70. The number of hydrogen-bond acceptors (Lipinski definition) is 4. The van der Waals surface area contributed by atoms with E-state index in [0.717, 1.165) is 24.1 Å². The first-order valence-electron chi connectivity index (χ1n) is 6.77. The van der Waals surface area contributed by atoms with Crippen molar-refractivity contribution in [2.75, 3.05) is 6.54 Å². The van der Waals surface area contributed by atoms with Crippen LogP contribution in [0.2, 0.25) is 0 Å². The third kappa shape index (κ3) is 5.87. The van der Waals surface area contributed by atoms with Gasteiger partial charge >= 0.3 is 12.1 Å². The van der Waals surface area contributed by atoms with Crippen molar-refractivity contribution in [1.29, 1.82) is 0 Å². The summed E-state index contributed by atoms with van der Waals surface area (Å²) in [4.78, 5) is 22.3. The summed E-state index contributed by atoms with van der Waals surface area (Å²) in [5.74, 6) is -2.70. The molecule has 1 amide bonds. The van der Waals surface area contributed by atoms with Gasteiger partial charge < -0.3 is 21.5 Å². The van der Waals surface area contributed by atoms with E-state index in [1.54, 1.807) is 4.90 Å². The zero-order chi connectivity index (χ0) is 17.6. The Morgan fingerprint density at radius 2 is 1.91 bits per heavy atom. The molecule has 1 aliphatic rings. The molecule has 23 heavy (non-hydrogen) atoms. The Kier molecular flexibility index (Phi) is 6.52. The van der Waals surface area contributed by atoms with Crippen molar-refractivity contribution in [2.24, 2.45) is 11.5 Å². The average molecular weight is 333 g/mol. The zero-order valence-electron chi connectivity index (χ0n) is 12.2. The second-order valence-electron chi connectivity index (χ2n) is 4.98. The smallest absolute Gasteiger partial charge is 0.475 e. The number of halogens is 3. The van der Waals surface area contributed by atoms with E-state index in [1.807, 2.05) is 24.3 Å². The largest absolute Gasteiger partial charge is 0.490 e. The minimum atomic E-state index is -5.08. The van der Waals surface area contributed by atoms with Gasteiger partial charge in [-0.05, 0) is 17.5 Å². The second kappa shape index (κ2) is 7.93. The number of carboxylic acids is 1. The van der Waals surface area contributed by atoms with Crippen LogP contribution in [0.5, 0.6) is 0 Å². The fourth-order valence-corrected chi connectivity index (χ4v) is 2.00. The molecular formula is C14H18F3N3O3. The molecule has 1 atom stereocenters. The van der Waals surface area contributed by atoms with Crippen LogP contribution in [0.1, 0.15) is 17.5 Å². The highest BCUT2D eigenvalue weighted by molar-refractivity contribution is 5.83. The Bertz CT molecular complexity index is 564. The van der Waals surface area contributed by atoms with Crippen LogP contribution in [-0.2, 0) is 22.7 Å². The van der Waals surface area contributed by atoms with Gasteiger partial charge in [-0.25, -0.2) is 4.79 Å². The number of rotatable bonds is 3. The number of aliphatic carboxylic acids is 1. The number of carbonyl (C=O) groups is 2. The maximum Gasteiger partial charge on any atom is 0.490 e. The molecule has 0 unspecified atom stereocenters. The van der Waals surface area contributed by atoms with Crippen molar-refractivity contribution >= 4 is 11.9 Å². The lowest BCUT2D eigenvalue weighted by Crippen LogP contribution is -2.33. The molecule has 0 spiro atoms. The van der Waals surface area contributed by atoms with Gasteiger partial charge in [-0.2, -0.15) is 13.2 Å². The van der Waals surface area contributed by atoms with Crippen LogP contribution in [0, 0.1) is 0 Å². The summed E-state index contributed by atoms with van der Waals surface area (Å²) in [6.45, 7) is 1.93. The molecule has 0 aromatic heterocycles. The SMILES string of the molecule is NCc1cccc(CN2CC[C@H](N)C2=O)c1.O=C(O)C(F)(F)F. The van der Waals surface area contributed by atoms with E-state index in [9.17, 15) is 18.0 Å². The summed E-state index contributed by atoms with van der Waals surface area (Å²) < 4.78 is 31.7. The Labute approximate surface area is 130 Å². The minimum Gasteiger partial charge on any atom is -0.475 e. The molecule has 5 N–H and O–H groups in total. The molecule has 1 heterocycles. The first-order chi connectivity index (χ1) is 10.6. The van der Waals surface area contributed by atoms with Crippen LogP contribution in [0.25, 0.3) is 0 Å². The van der Waals surface area contributed by atoms with Crippen LogP contribution < -0.4 is 11.5 Å². The van der Waals surface area contributed by atoms with Crippen molar-refractivity contribution in [3.8, 4) is 0 Å². The standard InChI is InChI=1S/C12H17N3O.C2HF3O2/c13-7-9-2-1-3-10(6-9)8-15-5-4-11(14)12(15)16;3-2(4,5)1(6)7/h1-3,6,11H,4-5,7-8,13-14H2;(H,6,7)/t11-;/m0./s1. The molecule has 9 heteroatoms. The predicted octanol–water partition coefficient (Wildman–Crippen LogP) is 0.838. The quantitative estimate of drug-likeness (QED) is 0.759. The number of carbonyl (C=O) groups excluding carboxylic acids is 1. The average Bonchev–Trinajstić information content (AvgIpc) is 2.79. The summed E-state index contributed by atoms with van der Waals surface area (Å²) in [5.41, 5.74) is 13.5. The lowest BCUT2D eigenvalue weighted by molar-refractivity contribution is -0.192. The van der Waals surface area contributed by atoms with Gasteiger partial charge in [0.1, 0.15) is 0 Å². The molecule has 1 aromatic carbocycles. The fourth-order valence-electron chi connectivity index (χ4n) is 2.00. The normalized spacial score (nSPS) is 17.7. The van der Waals surface area contributed by atoms with Gasteiger partial charge in [0, 0.05) is 19.6 Å². The van der Waals surface area contributed by atoms with Crippen molar-refractivity contribution in [1.82, 2.24) is 4.90 Å². The Morgan fingerprint density at radius 3 is 2.35 bits per heavy atom. The molecule has 1 fully saturated rings. The van der Waals surface area contributed by atoms with Gasteiger partial charge in [0.25, 0.3) is 0 Å². The third-order valence-corrected chi connectivity index (χ3v) is 3.18. The number of nitrogens with zero attached hydrogens (tertiary/aromatic N) is 1. The highest BCUT2D eigenvalue weighted by Crippen LogP contribution is 2.15. The molecule has 0 radical (unpaired) electrons. The van der Waals surface area contributed by atoms with E-state index in [2.05, 4.69) is 0 Å². The molecule has 0 aliphatic carbocycles. The van der Waals surface area contributed by atoms with Gasteiger partial charge in [-0.3, -0.25) is 4.79 Å². The van der Waals surface area contributed by atoms with Crippen LogP contribution in [-0.4, -0.2) is 40.6 Å². The molecular weight excluding hydrogens is 315 g/mol. The number of hydrogen-bond donors (Lipinski definition) is 3. The topological polar surface area (TPSA) is 110 Å². The Morgan fingerprint density at radius 1 is 1.35 bits per heavy atom. The summed E-state index contributed by atoms with van der Waals surface area (Å²) in [6.07, 6.45) is -4.32. The van der Waals surface area contributed by atoms with Gasteiger partial charge in [-0.1, -0.05) is 24.3 Å². The number of benzene rings is 1. The second-order valence-corrected chi connectivity index (χ2v) is 4.98. The number of amides is 1. The van der Waals surface area contributed by atoms with Crippen LogP contribution in [0.3, 0.4) is 0 Å². The highest BCUT2D eigenvalue weighted by atomic mass is 19.4. The van der Waals surface area contributed by atoms with Crippen molar-refractivity contribution in [3.63, 3.8) is 0 Å². The lowest BCUT2D eigenvalue weighted by Gasteiger charge is -2.16. The lowest BCUT2D eigenvalue weighted by atomic mass is 10.1. The molecule has 0 bridgehead atoms. The molecule has 1 aliphatic heterocycles. The van der Waals surface area contributed by atoms with Crippen LogP contribution in [0.4, 0.5) is 13.2 Å². The van der Waals surface area contributed by atoms with Crippen molar-refractivity contribution in [3.05, 3.63) is 35.4 Å². The number of likely N-dealkylation sites (tertiary alicyclic amines) is 1. The van der Waals surface area contributed by atoms with E-state index in [-0.39, 0.29) is 11.9 Å². The van der Waals surface area contributed by atoms with Gasteiger partial charge in [0.15, 0.2) is 0 Å². The van der Waals surface area contributed by atoms with Crippen LogP contribution in [0.15, 0.2) is 24.3 Å². The highest BCUT2D eigenvalue weighted by Gasteiger charge is 2.38. The van der Waals surface area contributed by atoms with Crippen molar-refractivity contribution in [2.45, 2.75) is 31.7 Å². The van der Waals surface area contributed by atoms with E-state index in [0.29, 0.717) is 13.1 Å². The monoisotopic (exact) mass is 333 g/mol. The minimum absolute atomic E-state index is 0.0538. The van der Waals surface area contributed by atoms with Gasteiger partial charge in [-0.15, -0.1) is 0 Å². The van der Waals surface area contributed by atoms with Crippen molar-refractivity contribution < 1.29 is 27.9 Å². The number of alkyl halides is 3. The molecule has 2 rings (SSSR count). The van der Waals surface area contributed by atoms with E-state index < -0.39 is 12.1 Å². The molecule has 128 valence electrons. The Hall–Kier alpha value is -2.13. The van der Waals surface area contributed by atoms with Gasteiger partial charge in [0.05, 0.1) is 6.04 Å². The third-order valence-electron chi connectivity index (χ3n) is 3.18. The van der Waals surface area contributed by atoms with E-state index >= 15 is 0 Å². The maximum absolute atomic E-state index is 11.6. The molecule has 1 saturated heterocycles. The van der Waals surface area contributed by atoms with Crippen LogP contribution >= 0.6 is 0 Å².